The van der Waals surface area contributed by atoms with Crippen LogP contribution in [0.3, 0.4) is 0 Å². The zero-order valence-corrected chi connectivity index (χ0v) is 18.0. The number of amides is 1. The van der Waals surface area contributed by atoms with E-state index in [9.17, 15) is 14.4 Å². The van der Waals surface area contributed by atoms with E-state index >= 15 is 0 Å². The summed E-state index contributed by atoms with van der Waals surface area (Å²) in [6, 6.07) is 14.8. The minimum absolute atomic E-state index is 0.0674. The molecule has 0 radical (unpaired) electrons. The highest BCUT2D eigenvalue weighted by Crippen LogP contribution is 2.30. The van der Waals surface area contributed by atoms with Crippen LogP contribution in [-0.2, 0) is 11.3 Å². The Morgan fingerprint density at radius 3 is 2.65 bits per heavy atom. The quantitative estimate of drug-likeness (QED) is 0.450. The third kappa shape index (κ3) is 4.46. The summed E-state index contributed by atoms with van der Waals surface area (Å²) in [6.07, 6.45) is 1.60. The smallest absolute Gasteiger partial charge is 0.262 e. The van der Waals surface area contributed by atoms with E-state index in [4.69, 9.17) is 0 Å². The van der Waals surface area contributed by atoms with Gasteiger partial charge in [0.1, 0.15) is 4.83 Å². The van der Waals surface area contributed by atoms with Crippen LogP contribution in [0.5, 0.6) is 0 Å². The molecule has 0 saturated heterocycles. The van der Waals surface area contributed by atoms with Crippen LogP contribution in [0.25, 0.3) is 21.3 Å². The van der Waals surface area contributed by atoms with E-state index in [1.54, 1.807) is 24.3 Å². The number of nitrogens with zero attached hydrogens (tertiary/aromatic N) is 2. The molecular formula is C24H21N3O3S. The second kappa shape index (κ2) is 8.65. The van der Waals surface area contributed by atoms with E-state index in [1.165, 1.54) is 29.2 Å². The van der Waals surface area contributed by atoms with Crippen LogP contribution in [0.4, 0.5) is 5.69 Å². The van der Waals surface area contributed by atoms with Gasteiger partial charge in [-0.05, 0) is 31.5 Å². The fourth-order valence-corrected chi connectivity index (χ4v) is 4.24. The first-order chi connectivity index (χ1) is 14.9. The van der Waals surface area contributed by atoms with Crippen molar-refractivity contribution in [2.75, 3.05) is 5.32 Å². The Morgan fingerprint density at radius 1 is 1.13 bits per heavy atom. The van der Waals surface area contributed by atoms with Crippen molar-refractivity contribution >= 4 is 38.9 Å². The molecule has 0 aliphatic carbocycles. The average Bonchev–Trinajstić information content (AvgIpc) is 3.19. The molecule has 0 atom stereocenters. The van der Waals surface area contributed by atoms with Gasteiger partial charge in [-0.15, -0.1) is 11.3 Å². The summed E-state index contributed by atoms with van der Waals surface area (Å²) in [5, 5.41) is 5.30. The van der Waals surface area contributed by atoms with Crippen molar-refractivity contribution in [3.8, 4) is 11.1 Å². The SMILES string of the molecule is CC(=O)c1cccc(NC(=O)CCn2cnc3scc(-c4ccc(C)cc4)c3c2=O)c1. The summed E-state index contributed by atoms with van der Waals surface area (Å²) >= 11 is 1.43. The molecule has 7 heteroatoms. The fourth-order valence-electron chi connectivity index (χ4n) is 3.33. The molecule has 0 aliphatic heterocycles. The summed E-state index contributed by atoms with van der Waals surface area (Å²) in [7, 11) is 0. The highest BCUT2D eigenvalue weighted by molar-refractivity contribution is 7.17. The van der Waals surface area contributed by atoms with Gasteiger partial charge in [0.2, 0.25) is 5.91 Å². The predicted octanol–water partition coefficient (Wildman–Crippen LogP) is 4.66. The number of hydrogen-bond donors (Lipinski definition) is 1. The second-order valence-corrected chi connectivity index (χ2v) is 8.23. The number of Topliss-reactive ketones (excluding diaryl/α,β-unsaturated/α-hetero) is 1. The number of aryl methyl sites for hydroxylation is 2. The van der Waals surface area contributed by atoms with Crippen LogP contribution in [-0.4, -0.2) is 21.2 Å². The lowest BCUT2D eigenvalue weighted by molar-refractivity contribution is -0.116. The van der Waals surface area contributed by atoms with Crippen molar-refractivity contribution in [3.05, 3.63) is 81.7 Å². The van der Waals surface area contributed by atoms with E-state index in [0.717, 1.165) is 16.7 Å². The Kier molecular flexibility index (Phi) is 5.77. The molecule has 4 aromatic rings. The highest BCUT2D eigenvalue weighted by atomic mass is 32.1. The first-order valence-electron chi connectivity index (χ1n) is 9.87. The lowest BCUT2D eigenvalue weighted by Gasteiger charge is -2.08. The Balaban J connectivity index is 1.53. The lowest BCUT2D eigenvalue weighted by atomic mass is 10.1. The molecule has 0 unspecified atom stereocenters. The van der Waals surface area contributed by atoms with Crippen molar-refractivity contribution in [1.82, 2.24) is 9.55 Å². The maximum absolute atomic E-state index is 13.1. The molecule has 6 nitrogen and oxygen atoms in total. The summed E-state index contributed by atoms with van der Waals surface area (Å²) in [6.45, 7) is 3.71. The van der Waals surface area contributed by atoms with E-state index < -0.39 is 0 Å². The molecule has 1 N–H and O–H groups in total. The Morgan fingerprint density at radius 2 is 1.90 bits per heavy atom. The Bertz CT molecular complexity index is 1340. The number of thiophene rings is 1. The maximum Gasteiger partial charge on any atom is 0.262 e. The average molecular weight is 432 g/mol. The largest absolute Gasteiger partial charge is 0.326 e. The molecule has 2 aromatic carbocycles. The zero-order valence-electron chi connectivity index (χ0n) is 17.2. The first kappa shape index (κ1) is 20.7. The number of carbonyl (C=O) groups is 2. The molecule has 0 bridgehead atoms. The standard InChI is InChI=1S/C24H21N3O3S/c1-15-6-8-17(9-7-15)20-13-31-23-22(20)24(30)27(14-25-23)11-10-21(29)26-19-5-3-4-18(12-19)16(2)28/h3-9,12-14H,10-11H2,1-2H3,(H,26,29). The van der Waals surface area contributed by atoms with Crippen LogP contribution in [0, 0.1) is 6.92 Å². The van der Waals surface area contributed by atoms with Crippen LogP contribution >= 0.6 is 11.3 Å². The normalized spacial score (nSPS) is 10.9. The molecular weight excluding hydrogens is 410 g/mol. The van der Waals surface area contributed by atoms with E-state index in [0.29, 0.717) is 21.5 Å². The molecule has 2 aromatic heterocycles. The summed E-state index contributed by atoms with van der Waals surface area (Å²) in [5.74, 6) is -0.307. The molecule has 31 heavy (non-hydrogen) atoms. The van der Waals surface area contributed by atoms with Gasteiger partial charge in [-0.3, -0.25) is 19.0 Å². The molecule has 0 fully saturated rings. The van der Waals surface area contributed by atoms with Crippen molar-refractivity contribution in [1.29, 1.82) is 0 Å². The maximum atomic E-state index is 13.1. The van der Waals surface area contributed by atoms with Crippen molar-refractivity contribution in [2.24, 2.45) is 0 Å². The molecule has 0 spiro atoms. The van der Waals surface area contributed by atoms with Gasteiger partial charge < -0.3 is 5.32 Å². The highest BCUT2D eigenvalue weighted by Gasteiger charge is 2.14. The van der Waals surface area contributed by atoms with Crippen LogP contribution in [0.15, 0.2) is 65.0 Å². The number of ketones is 1. The number of aromatic nitrogens is 2. The van der Waals surface area contributed by atoms with Gasteiger partial charge in [-0.25, -0.2) is 4.98 Å². The number of benzene rings is 2. The summed E-state index contributed by atoms with van der Waals surface area (Å²) < 4.78 is 1.47. The molecule has 1 amide bonds. The lowest BCUT2D eigenvalue weighted by Crippen LogP contribution is -2.23. The van der Waals surface area contributed by atoms with E-state index in [2.05, 4.69) is 10.3 Å². The molecule has 0 aliphatic rings. The minimum atomic E-state index is -0.239. The predicted molar refractivity (Wildman–Crippen MR) is 124 cm³/mol. The number of carbonyl (C=O) groups excluding carboxylic acids is 2. The number of hydrogen-bond acceptors (Lipinski definition) is 5. The van der Waals surface area contributed by atoms with Crippen molar-refractivity contribution < 1.29 is 9.59 Å². The third-order valence-electron chi connectivity index (χ3n) is 5.06. The summed E-state index contributed by atoms with van der Waals surface area (Å²) in [5.41, 5.74) is 3.91. The molecule has 0 saturated carbocycles. The molecule has 156 valence electrons. The van der Waals surface area contributed by atoms with Gasteiger partial charge >= 0.3 is 0 Å². The molecule has 2 heterocycles. The second-order valence-electron chi connectivity index (χ2n) is 7.37. The summed E-state index contributed by atoms with van der Waals surface area (Å²) in [4.78, 5) is 42.1. The van der Waals surface area contributed by atoms with E-state index in [1.807, 2.05) is 36.6 Å². The van der Waals surface area contributed by atoms with E-state index in [-0.39, 0.29) is 30.2 Å². The van der Waals surface area contributed by atoms with Gasteiger partial charge in [0.15, 0.2) is 5.78 Å². The number of anilines is 1. The number of rotatable bonds is 6. The topological polar surface area (TPSA) is 81.1 Å². The van der Waals surface area contributed by atoms with Crippen molar-refractivity contribution in [2.45, 2.75) is 26.8 Å². The van der Waals surface area contributed by atoms with Crippen LogP contribution in [0.1, 0.15) is 29.3 Å². The first-order valence-corrected chi connectivity index (χ1v) is 10.7. The number of fused-ring (bicyclic) bond motifs is 1. The monoisotopic (exact) mass is 431 g/mol. The Hall–Kier alpha value is -3.58. The zero-order chi connectivity index (χ0) is 22.0. The Labute approximate surface area is 183 Å². The van der Waals surface area contributed by atoms with Gasteiger partial charge in [0.05, 0.1) is 11.7 Å². The van der Waals surface area contributed by atoms with Gasteiger partial charge in [-0.1, -0.05) is 42.0 Å². The van der Waals surface area contributed by atoms with Gasteiger partial charge in [0, 0.05) is 35.2 Å². The van der Waals surface area contributed by atoms with Gasteiger partial charge in [-0.2, -0.15) is 0 Å². The van der Waals surface area contributed by atoms with Crippen LogP contribution < -0.4 is 10.9 Å². The van der Waals surface area contributed by atoms with Crippen LogP contribution in [0.2, 0.25) is 0 Å². The third-order valence-corrected chi connectivity index (χ3v) is 5.94. The molecule has 4 rings (SSSR count). The van der Waals surface area contributed by atoms with Gasteiger partial charge in [0.25, 0.3) is 5.56 Å². The fraction of sp³-hybridized carbons (Fsp3) is 0.167. The minimum Gasteiger partial charge on any atom is -0.326 e. The number of nitrogens with one attached hydrogen (secondary N) is 1. The van der Waals surface area contributed by atoms with Crippen molar-refractivity contribution in [3.63, 3.8) is 0 Å².